The molecule has 88 valence electrons. The maximum atomic E-state index is 11.6. The second-order valence-corrected chi connectivity index (χ2v) is 3.93. The Morgan fingerprint density at radius 3 is 2.53 bits per heavy atom. The third kappa shape index (κ3) is 5.04. The van der Waals surface area contributed by atoms with Crippen LogP contribution in [0, 0.1) is 10.1 Å². The molecule has 0 atom stereocenters. The van der Waals surface area contributed by atoms with Gasteiger partial charge in [-0.1, -0.05) is 12.1 Å². The topological polar surface area (TPSA) is 69.4 Å². The van der Waals surface area contributed by atoms with E-state index in [1.165, 1.54) is 6.07 Å². The molecule has 6 heteroatoms. The van der Waals surface area contributed by atoms with Crippen LogP contribution in [0.5, 0.6) is 5.75 Å². The summed E-state index contributed by atoms with van der Waals surface area (Å²) in [6.07, 6.45) is 1.40. The second kappa shape index (κ2) is 7.66. The van der Waals surface area contributed by atoms with Crippen molar-refractivity contribution in [2.45, 2.75) is 12.8 Å². The maximum Gasteiger partial charge on any atom is 1.00 e. The molecule has 0 heterocycles. The molecule has 0 radical (unpaired) electrons. The Kier molecular flexibility index (Phi) is 7.38. The average molecular weight is 246 g/mol. The predicted molar refractivity (Wildman–Crippen MR) is 59.4 cm³/mol. The van der Waals surface area contributed by atoms with Gasteiger partial charge in [0.1, 0.15) is 0 Å². The van der Waals surface area contributed by atoms with E-state index in [1.54, 1.807) is 12.1 Å². The molecule has 0 saturated heterocycles. The van der Waals surface area contributed by atoms with Crippen molar-refractivity contribution < 1.29 is 39.6 Å². The van der Waals surface area contributed by atoms with Crippen molar-refractivity contribution >= 4 is 5.69 Å². The number of nitro groups is 1. The molecule has 0 saturated carbocycles. The number of hydrogen-bond acceptors (Lipinski definition) is 4. The van der Waals surface area contributed by atoms with E-state index >= 15 is 0 Å². The SMILES string of the molecule is CN(C)CCCc1cccc([N+](=O)[O-])c1[O-].[Na+]. The standard InChI is InChI=1S/C11H16N2O3.Na/c1-12(2)8-4-6-9-5-3-7-10(11(9)14)13(15)16;/h3,5,7,14H,4,6,8H2,1-2H3;/q;+1/p-1. The molecule has 0 N–H and O–H groups in total. The summed E-state index contributed by atoms with van der Waals surface area (Å²) in [5.74, 6) is -0.453. The van der Waals surface area contributed by atoms with Crippen LogP contribution in [0.25, 0.3) is 0 Å². The Balaban J connectivity index is 0.00000256. The molecule has 1 aromatic carbocycles. The molecular formula is C11H15N2NaO3. The first-order valence-corrected chi connectivity index (χ1v) is 5.10. The van der Waals surface area contributed by atoms with Gasteiger partial charge in [-0.2, -0.15) is 0 Å². The third-order valence-electron chi connectivity index (χ3n) is 2.32. The van der Waals surface area contributed by atoms with Gasteiger partial charge >= 0.3 is 29.6 Å². The van der Waals surface area contributed by atoms with E-state index in [2.05, 4.69) is 0 Å². The van der Waals surface area contributed by atoms with Crippen molar-refractivity contribution in [2.75, 3.05) is 20.6 Å². The number of nitro benzene ring substituents is 1. The van der Waals surface area contributed by atoms with Gasteiger partial charge in [0.15, 0.2) is 0 Å². The normalized spacial score (nSPS) is 10.1. The van der Waals surface area contributed by atoms with Crippen molar-refractivity contribution in [2.24, 2.45) is 0 Å². The van der Waals surface area contributed by atoms with Crippen LogP contribution in [0.15, 0.2) is 18.2 Å². The van der Waals surface area contributed by atoms with Crippen LogP contribution in [-0.4, -0.2) is 30.5 Å². The minimum Gasteiger partial charge on any atom is -0.868 e. The summed E-state index contributed by atoms with van der Waals surface area (Å²) < 4.78 is 0. The van der Waals surface area contributed by atoms with Crippen molar-refractivity contribution in [3.8, 4) is 5.75 Å². The fourth-order valence-electron chi connectivity index (χ4n) is 1.50. The summed E-state index contributed by atoms with van der Waals surface area (Å²) in [6, 6.07) is 4.47. The molecule has 17 heavy (non-hydrogen) atoms. The van der Waals surface area contributed by atoms with Gasteiger partial charge in [0.25, 0.3) is 5.69 Å². The van der Waals surface area contributed by atoms with E-state index in [4.69, 9.17) is 0 Å². The van der Waals surface area contributed by atoms with Crippen molar-refractivity contribution in [3.05, 3.63) is 33.9 Å². The van der Waals surface area contributed by atoms with Gasteiger partial charge in [-0.25, -0.2) is 0 Å². The first kappa shape index (κ1) is 16.4. The smallest absolute Gasteiger partial charge is 0.868 e. The largest absolute Gasteiger partial charge is 1.00 e. The molecule has 5 nitrogen and oxygen atoms in total. The zero-order chi connectivity index (χ0) is 12.1. The molecule has 0 amide bonds. The first-order chi connectivity index (χ1) is 7.52. The molecule has 0 spiro atoms. The van der Waals surface area contributed by atoms with Crippen LogP contribution in [0.1, 0.15) is 12.0 Å². The van der Waals surface area contributed by atoms with Crippen molar-refractivity contribution in [3.63, 3.8) is 0 Å². The fourth-order valence-corrected chi connectivity index (χ4v) is 1.50. The molecule has 0 aliphatic rings. The van der Waals surface area contributed by atoms with Gasteiger partial charge in [-0.3, -0.25) is 10.1 Å². The van der Waals surface area contributed by atoms with E-state index < -0.39 is 10.7 Å². The molecule has 0 aliphatic heterocycles. The summed E-state index contributed by atoms with van der Waals surface area (Å²) in [6.45, 7) is 0.863. The summed E-state index contributed by atoms with van der Waals surface area (Å²) in [5.41, 5.74) is 0.193. The van der Waals surface area contributed by atoms with E-state index in [9.17, 15) is 15.2 Å². The Labute approximate surface area is 123 Å². The summed E-state index contributed by atoms with van der Waals surface area (Å²) in [7, 11) is 3.90. The Bertz CT molecular complexity index is 383. The number of hydrogen-bond donors (Lipinski definition) is 0. The van der Waals surface area contributed by atoms with Gasteiger partial charge in [0, 0.05) is 6.07 Å². The summed E-state index contributed by atoms with van der Waals surface area (Å²) in [4.78, 5) is 11.9. The van der Waals surface area contributed by atoms with Gasteiger partial charge < -0.3 is 10.0 Å². The molecular weight excluding hydrogens is 231 g/mol. The van der Waals surface area contributed by atoms with E-state index in [0.29, 0.717) is 12.0 Å². The van der Waals surface area contributed by atoms with Crippen molar-refractivity contribution in [1.29, 1.82) is 0 Å². The summed E-state index contributed by atoms with van der Waals surface area (Å²) >= 11 is 0. The van der Waals surface area contributed by atoms with Crippen LogP contribution in [0.4, 0.5) is 5.69 Å². The van der Waals surface area contributed by atoms with Gasteiger partial charge in [0.05, 0.1) is 4.92 Å². The molecule has 0 unspecified atom stereocenters. The number of rotatable bonds is 5. The Morgan fingerprint density at radius 2 is 2.00 bits per heavy atom. The predicted octanol–water partition coefficient (Wildman–Crippen LogP) is -1.83. The molecule has 1 rings (SSSR count). The maximum absolute atomic E-state index is 11.6. The summed E-state index contributed by atoms with van der Waals surface area (Å²) in [5, 5.41) is 22.2. The van der Waals surface area contributed by atoms with Gasteiger partial charge in [-0.15, -0.1) is 0 Å². The molecule has 0 aliphatic carbocycles. The number of para-hydroxylation sites is 1. The average Bonchev–Trinajstić information content (AvgIpc) is 2.19. The van der Waals surface area contributed by atoms with Crippen LogP contribution in [0.3, 0.4) is 0 Å². The Hall–Kier alpha value is -0.620. The van der Waals surface area contributed by atoms with Gasteiger partial charge in [-0.05, 0) is 44.8 Å². The molecule has 0 fully saturated rings. The zero-order valence-electron chi connectivity index (χ0n) is 10.5. The minimum absolute atomic E-state index is 0. The van der Waals surface area contributed by atoms with Crippen LogP contribution in [-0.2, 0) is 6.42 Å². The van der Waals surface area contributed by atoms with Crippen LogP contribution in [0.2, 0.25) is 0 Å². The van der Waals surface area contributed by atoms with E-state index in [0.717, 1.165) is 13.0 Å². The fraction of sp³-hybridized carbons (Fsp3) is 0.455. The van der Waals surface area contributed by atoms with Crippen LogP contribution < -0.4 is 34.7 Å². The zero-order valence-corrected chi connectivity index (χ0v) is 12.5. The second-order valence-electron chi connectivity index (χ2n) is 3.93. The van der Waals surface area contributed by atoms with Crippen LogP contribution >= 0.6 is 0 Å². The van der Waals surface area contributed by atoms with Crippen molar-refractivity contribution in [1.82, 2.24) is 4.90 Å². The van der Waals surface area contributed by atoms with E-state index in [-0.39, 0.29) is 35.2 Å². The van der Waals surface area contributed by atoms with Gasteiger partial charge in [0.2, 0.25) is 0 Å². The monoisotopic (exact) mass is 246 g/mol. The quantitative estimate of drug-likeness (QED) is 0.348. The molecule has 1 aromatic rings. The minimum atomic E-state index is -0.627. The molecule has 0 bridgehead atoms. The molecule has 0 aromatic heterocycles. The number of benzene rings is 1. The number of nitrogens with zero attached hydrogens (tertiary/aromatic N) is 2. The Morgan fingerprint density at radius 1 is 1.35 bits per heavy atom. The third-order valence-corrected chi connectivity index (χ3v) is 2.32. The van der Waals surface area contributed by atoms with E-state index in [1.807, 2.05) is 19.0 Å². The number of aryl methyl sites for hydroxylation is 1. The first-order valence-electron chi connectivity index (χ1n) is 5.10.